The van der Waals surface area contributed by atoms with Crippen molar-refractivity contribution in [3.8, 4) is 0 Å². The zero-order valence-corrected chi connectivity index (χ0v) is 13.9. The summed E-state index contributed by atoms with van der Waals surface area (Å²) >= 11 is 11.0. The van der Waals surface area contributed by atoms with Crippen LogP contribution in [0.3, 0.4) is 0 Å². The summed E-state index contributed by atoms with van der Waals surface area (Å²) in [6, 6.07) is 9.23. The standard InChI is InChI=1S/C14H13BrClNO2S/c1-9-13(15)6-12(20-9)7-17(8-14(18)19)11-4-2-10(16)3-5-11/h2-6H,7-8H2,1H3,(H,18,19). The molecule has 1 heterocycles. The summed E-state index contributed by atoms with van der Waals surface area (Å²) in [5.41, 5.74) is 0.846. The fraction of sp³-hybridized carbons (Fsp3) is 0.214. The number of aryl methyl sites for hydroxylation is 1. The first-order valence-electron chi connectivity index (χ1n) is 5.93. The van der Waals surface area contributed by atoms with E-state index in [-0.39, 0.29) is 6.54 Å². The first-order chi connectivity index (χ1) is 9.45. The van der Waals surface area contributed by atoms with E-state index in [9.17, 15) is 4.79 Å². The zero-order valence-electron chi connectivity index (χ0n) is 10.8. The van der Waals surface area contributed by atoms with Gasteiger partial charge in [0, 0.05) is 24.9 Å². The molecule has 0 saturated carbocycles. The Balaban J connectivity index is 2.23. The van der Waals surface area contributed by atoms with Gasteiger partial charge < -0.3 is 10.0 Å². The van der Waals surface area contributed by atoms with Gasteiger partial charge in [-0.25, -0.2) is 0 Å². The molecule has 6 heteroatoms. The fourth-order valence-corrected chi connectivity index (χ4v) is 3.58. The first kappa shape index (κ1) is 15.4. The van der Waals surface area contributed by atoms with Crippen molar-refractivity contribution >= 4 is 50.5 Å². The summed E-state index contributed by atoms with van der Waals surface area (Å²) in [6.07, 6.45) is 0. The van der Waals surface area contributed by atoms with Crippen LogP contribution in [-0.2, 0) is 11.3 Å². The van der Waals surface area contributed by atoms with Gasteiger partial charge in [-0.05, 0) is 53.2 Å². The third-order valence-corrected chi connectivity index (χ3v) is 5.15. The van der Waals surface area contributed by atoms with Crippen LogP contribution in [0.5, 0.6) is 0 Å². The largest absolute Gasteiger partial charge is 0.480 e. The second kappa shape index (κ2) is 6.61. The predicted molar refractivity (Wildman–Crippen MR) is 86.9 cm³/mol. The van der Waals surface area contributed by atoms with Crippen molar-refractivity contribution < 1.29 is 9.90 Å². The summed E-state index contributed by atoms with van der Waals surface area (Å²) in [5.74, 6) is -0.854. The molecule has 0 atom stereocenters. The number of aliphatic carboxylic acids is 1. The van der Waals surface area contributed by atoms with Crippen LogP contribution in [-0.4, -0.2) is 17.6 Å². The van der Waals surface area contributed by atoms with Gasteiger partial charge >= 0.3 is 5.97 Å². The molecular weight excluding hydrogens is 362 g/mol. The van der Waals surface area contributed by atoms with E-state index in [0.29, 0.717) is 11.6 Å². The van der Waals surface area contributed by atoms with Crippen molar-refractivity contribution in [3.63, 3.8) is 0 Å². The number of rotatable bonds is 5. The maximum absolute atomic E-state index is 11.0. The lowest BCUT2D eigenvalue weighted by atomic mass is 10.2. The van der Waals surface area contributed by atoms with E-state index >= 15 is 0 Å². The predicted octanol–water partition coefficient (Wildman–Crippen LogP) is 4.56. The fourth-order valence-electron chi connectivity index (χ4n) is 1.84. The normalized spacial score (nSPS) is 10.6. The van der Waals surface area contributed by atoms with Crippen molar-refractivity contribution in [1.82, 2.24) is 0 Å². The number of nitrogens with zero attached hydrogens (tertiary/aromatic N) is 1. The molecule has 106 valence electrons. The van der Waals surface area contributed by atoms with E-state index in [1.54, 1.807) is 23.5 Å². The Labute approximate surface area is 134 Å². The third kappa shape index (κ3) is 3.98. The highest BCUT2D eigenvalue weighted by atomic mass is 79.9. The molecule has 0 amide bonds. The van der Waals surface area contributed by atoms with E-state index in [4.69, 9.17) is 16.7 Å². The Morgan fingerprint density at radius 3 is 2.55 bits per heavy atom. The van der Waals surface area contributed by atoms with Gasteiger partial charge in [0.25, 0.3) is 0 Å². The lowest BCUT2D eigenvalue weighted by Crippen LogP contribution is -2.28. The minimum absolute atomic E-state index is 0.0454. The monoisotopic (exact) mass is 373 g/mol. The summed E-state index contributed by atoms with van der Waals surface area (Å²) < 4.78 is 1.06. The molecule has 0 fully saturated rings. The summed E-state index contributed by atoms with van der Waals surface area (Å²) in [5, 5.41) is 9.70. The number of benzene rings is 1. The molecule has 0 aliphatic rings. The first-order valence-corrected chi connectivity index (χ1v) is 7.91. The minimum atomic E-state index is -0.854. The summed E-state index contributed by atoms with van der Waals surface area (Å²) in [7, 11) is 0. The molecule has 1 N–H and O–H groups in total. The zero-order chi connectivity index (χ0) is 14.7. The van der Waals surface area contributed by atoms with E-state index in [2.05, 4.69) is 15.9 Å². The third-order valence-electron chi connectivity index (χ3n) is 2.77. The molecular formula is C14H13BrClNO2S. The van der Waals surface area contributed by atoms with E-state index < -0.39 is 5.97 Å². The summed E-state index contributed by atoms with van der Waals surface area (Å²) in [4.78, 5) is 15.2. The van der Waals surface area contributed by atoms with Crippen molar-refractivity contribution in [3.05, 3.63) is 49.6 Å². The molecule has 0 bridgehead atoms. The Bertz CT molecular complexity index is 593. The molecule has 2 aromatic rings. The highest BCUT2D eigenvalue weighted by Crippen LogP contribution is 2.29. The van der Waals surface area contributed by atoms with Crippen LogP contribution in [0.2, 0.25) is 5.02 Å². The van der Waals surface area contributed by atoms with Gasteiger partial charge in [0.15, 0.2) is 0 Å². The van der Waals surface area contributed by atoms with Crippen LogP contribution >= 0.6 is 38.9 Å². The SMILES string of the molecule is Cc1sc(CN(CC(=O)O)c2ccc(Cl)cc2)cc1Br. The van der Waals surface area contributed by atoms with Gasteiger partial charge in [-0.2, -0.15) is 0 Å². The topological polar surface area (TPSA) is 40.5 Å². The highest BCUT2D eigenvalue weighted by molar-refractivity contribution is 9.10. The molecule has 0 spiro atoms. The number of carboxylic acid groups (broad SMARTS) is 1. The average Bonchev–Trinajstić information content (AvgIpc) is 2.68. The van der Waals surface area contributed by atoms with Gasteiger partial charge in [-0.1, -0.05) is 11.6 Å². The lowest BCUT2D eigenvalue weighted by Gasteiger charge is -2.22. The Morgan fingerprint density at radius 2 is 2.05 bits per heavy atom. The van der Waals surface area contributed by atoms with E-state index in [0.717, 1.165) is 15.0 Å². The van der Waals surface area contributed by atoms with Crippen LogP contribution in [0.15, 0.2) is 34.8 Å². The molecule has 2 rings (SSSR count). The lowest BCUT2D eigenvalue weighted by molar-refractivity contribution is -0.135. The molecule has 0 aliphatic heterocycles. The van der Waals surface area contributed by atoms with Crippen LogP contribution in [0, 0.1) is 6.92 Å². The molecule has 3 nitrogen and oxygen atoms in total. The minimum Gasteiger partial charge on any atom is -0.480 e. The second-order valence-electron chi connectivity index (χ2n) is 4.34. The number of hydrogen-bond donors (Lipinski definition) is 1. The van der Waals surface area contributed by atoms with Gasteiger partial charge in [0.05, 0.1) is 6.54 Å². The molecule has 0 saturated heterocycles. The van der Waals surface area contributed by atoms with Crippen LogP contribution < -0.4 is 4.90 Å². The number of hydrogen-bond acceptors (Lipinski definition) is 3. The van der Waals surface area contributed by atoms with Crippen LogP contribution in [0.4, 0.5) is 5.69 Å². The van der Waals surface area contributed by atoms with E-state index in [1.807, 2.05) is 30.0 Å². The van der Waals surface area contributed by atoms with Gasteiger partial charge in [0.1, 0.15) is 6.54 Å². The van der Waals surface area contributed by atoms with Gasteiger partial charge in [-0.3, -0.25) is 4.79 Å². The Hall–Kier alpha value is -1.04. The Kier molecular flexibility index (Phi) is 5.07. The maximum Gasteiger partial charge on any atom is 0.323 e. The van der Waals surface area contributed by atoms with E-state index in [1.165, 1.54) is 4.88 Å². The number of carboxylic acids is 1. The Morgan fingerprint density at radius 1 is 1.40 bits per heavy atom. The number of thiophene rings is 1. The van der Waals surface area contributed by atoms with Crippen molar-refractivity contribution in [2.45, 2.75) is 13.5 Å². The average molecular weight is 375 g/mol. The van der Waals surface area contributed by atoms with Crippen LogP contribution in [0.25, 0.3) is 0 Å². The number of halogens is 2. The van der Waals surface area contributed by atoms with Gasteiger partial charge in [-0.15, -0.1) is 11.3 Å². The quantitative estimate of drug-likeness (QED) is 0.834. The van der Waals surface area contributed by atoms with Crippen LogP contribution in [0.1, 0.15) is 9.75 Å². The molecule has 0 unspecified atom stereocenters. The van der Waals surface area contributed by atoms with Crippen molar-refractivity contribution in [2.24, 2.45) is 0 Å². The molecule has 0 aliphatic carbocycles. The number of carbonyl (C=O) groups is 1. The molecule has 1 aromatic heterocycles. The molecule has 20 heavy (non-hydrogen) atoms. The summed E-state index contributed by atoms with van der Waals surface area (Å²) in [6.45, 7) is 2.54. The maximum atomic E-state index is 11.0. The van der Waals surface area contributed by atoms with Crippen molar-refractivity contribution in [1.29, 1.82) is 0 Å². The molecule has 0 radical (unpaired) electrons. The second-order valence-corrected chi connectivity index (χ2v) is 6.97. The van der Waals surface area contributed by atoms with Crippen molar-refractivity contribution in [2.75, 3.05) is 11.4 Å². The molecule has 1 aromatic carbocycles. The highest BCUT2D eigenvalue weighted by Gasteiger charge is 2.13. The smallest absolute Gasteiger partial charge is 0.323 e. The number of anilines is 1. The van der Waals surface area contributed by atoms with Gasteiger partial charge in [0.2, 0.25) is 0 Å².